The van der Waals surface area contributed by atoms with Gasteiger partial charge in [0.25, 0.3) is 0 Å². The molecule has 1 atom stereocenters. The van der Waals surface area contributed by atoms with Gasteiger partial charge in [0.05, 0.1) is 19.8 Å². The van der Waals surface area contributed by atoms with E-state index in [4.69, 9.17) is 14.2 Å². The normalized spacial score (nSPS) is 15.7. The lowest BCUT2D eigenvalue weighted by molar-refractivity contribution is -0.138. The van der Waals surface area contributed by atoms with E-state index < -0.39 is 12.0 Å². The number of tetrazole rings is 1. The van der Waals surface area contributed by atoms with Crippen LogP contribution in [-0.2, 0) is 9.53 Å². The van der Waals surface area contributed by atoms with Crippen LogP contribution >= 0.6 is 0 Å². The molecule has 26 heavy (non-hydrogen) atoms. The second-order valence-corrected chi connectivity index (χ2v) is 5.51. The molecule has 1 aliphatic heterocycles. The Hall–Kier alpha value is -3.36. The van der Waals surface area contributed by atoms with Crippen molar-refractivity contribution in [2.75, 3.05) is 26.1 Å². The third-order valence-corrected chi connectivity index (χ3v) is 3.99. The Balaban J connectivity index is 2.12. The van der Waals surface area contributed by atoms with Gasteiger partial charge in [-0.15, -0.1) is 0 Å². The summed E-state index contributed by atoms with van der Waals surface area (Å²) in [5.74, 6) is 1.08. The fourth-order valence-corrected chi connectivity index (χ4v) is 2.82. The SMILES string of the molecule is C=CCOC(=O)C1=C(C)Nc2nnnn2C1c1ccc(OC)c(OC)c1. The Bertz CT molecular complexity index is 874. The second kappa shape index (κ2) is 7.26. The minimum Gasteiger partial charge on any atom is -0.493 e. The molecule has 3 rings (SSSR count). The van der Waals surface area contributed by atoms with E-state index in [1.54, 1.807) is 33.3 Å². The van der Waals surface area contributed by atoms with Crippen LogP contribution in [0.4, 0.5) is 5.95 Å². The average molecular weight is 357 g/mol. The van der Waals surface area contributed by atoms with Crippen LogP contribution in [0.2, 0.25) is 0 Å². The molecule has 0 aliphatic carbocycles. The van der Waals surface area contributed by atoms with Crippen molar-refractivity contribution in [2.24, 2.45) is 0 Å². The molecule has 0 saturated heterocycles. The summed E-state index contributed by atoms with van der Waals surface area (Å²) in [4.78, 5) is 12.7. The Labute approximate surface area is 150 Å². The quantitative estimate of drug-likeness (QED) is 0.616. The first-order chi connectivity index (χ1) is 12.6. The fourth-order valence-electron chi connectivity index (χ4n) is 2.82. The zero-order chi connectivity index (χ0) is 18.7. The number of hydrogen-bond acceptors (Lipinski definition) is 8. The molecule has 1 aliphatic rings. The zero-order valence-electron chi connectivity index (χ0n) is 14.7. The number of carbonyl (C=O) groups is 1. The maximum atomic E-state index is 12.7. The van der Waals surface area contributed by atoms with Crippen molar-refractivity contribution in [3.63, 3.8) is 0 Å². The molecule has 2 aromatic rings. The highest BCUT2D eigenvalue weighted by Gasteiger charge is 2.35. The highest BCUT2D eigenvalue weighted by Crippen LogP contribution is 2.38. The first-order valence-corrected chi connectivity index (χ1v) is 7.86. The summed E-state index contributed by atoms with van der Waals surface area (Å²) in [6.07, 6.45) is 1.51. The summed E-state index contributed by atoms with van der Waals surface area (Å²) >= 11 is 0. The van der Waals surface area contributed by atoms with Gasteiger partial charge in [-0.2, -0.15) is 4.68 Å². The molecule has 2 heterocycles. The molecule has 9 nitrogen and oxygen atoms in total. The summed E-state index contributed by atoms with van der Waals surface area (Å²) in [5.41, 5.74) is 1.77. The van der Waals surface area contributed by atoms with Crippen LogP contribution < -0.4 is 14.8 Å². The van der Waals surface area contributed by atoms with Crippen molar-refractivity contribution in [1.29, 1.82) is 0 Å². The van der Waals surface area contributed by atoms with Gasteiger partial charge in [-0.05, 0) is 35.0 Å². The number of carbonyl (C=O) groups excluding carboxylic acids is 1. The van der Waals surface area contributed by atoms with Gasteiger partial charge in [-0.1, -0.05) is 23.8 Å². The van der Waals surface area contributed by atoms with Crippen molar-refractivity contribution in [3.8, 4) is 11.5 Å². The second-order valence-electron chi connectivity index (χ2n) is 5.51. The predicted molar refractivity (Wildman–Crippen MR) is 93.0 cm³/mol. The standard InChI is InChI=1S/C17H19N5O4/c1-5-8-26-16(23)14-10(2)18-17-19-20-21-22(17)15(14)11-6-7-12(24-3)13(9-11)25-4/h5-7,9,15H,1,8H2,2-4H3,(H,18,19,21). The van der Waals surface area contributed by atoms with Crippen LogP contribution in [0, 0.1) is 0 Å². The zero-order valence-corrected chi connectivity index (χ0v) is 14.7. The van der Waals surface area contributed by atoms with Gasteiger partial charge in [-0.25, -0.2) is 4.79 Å². The maximum Gasteiger partial charge on any atom is 0.338 e. The molecule has 0 bridgehead atoms. The molecule has 136 valence electrons. The lowest BCUT2D eigenvalue weighted by atomic mass is 9.95. The van der Waals surface area contributed by atoms with Crippen molar-refractivity contribution in [1.82, 2.24) is 20.2 Å². The number of anilines is 1. The molecule has 0 amide bonds. The summed E-state index contributed by atoms with van der Waals surface area (Å²) < 4.78 is 17.4. The number of nitrogens with one attached hydrogen (secondary N) is 1. The monoisotopic (exact) mass is 357 g/mol. The molecule has 0 radical (unpaired) electrons. The minimum atomic E-state index is -0.571. The van der Waals surface area contributed by atoms with Gasteiger partial charge in [0.15, 0.2) is 11.5 Å². The van der Waals surface area contributed by atoms with Gasteiger partial charge in [0, 0.05) is 5.70 Å². The first kappa shape index (κ1) is 17.5. The predicted octanol–water partition coefficient (Wildman–Crippen LogP) is 1.71. The molecular weight excluding hydrogens is 338 g/mol. The van der Waals surface area contributed by atoms with Gasteiger partial charge in [0.1, 0.15) is 12.6 Å². The third-order valence-electron chi connectivity index (χ3n) is 3.99. The van der Waals surface area contributed by atoms with Crippen LogP contribution in [0.5, 0.6) is 11.5 Å². The molecule has 9 heteroatoms. The lowest BCUT2D eigenvalue weighted by Crippen LogP contribution is -2.29. The van der Waals surface area contributed by atoms with E-state index in [9.17, 15) is 4.79 Å². The van der Waals surface area contributed by atoms with E-state index >= 15 is 0 Å². The molecule has 1 unspecified atom stereocenters. The average Bonchev–Trinajstić information content (AvgIpc) is 3.12. The van der Waals surface area contributed by atoms with Crippen molar-refractivity contribution in [2.45, 2.75) is 13.0 Å². The third kappa shape index (κ3) is 2.99. The van der Waals surface area contributed by atoms with Crippen molar-refractivity contribution >= 4 is 11.9 Å². The lowest BCUT2D eigenvalue weighted by Gasteiger charge is -2.27. The molecule has 0 spiro atoms. The van der Waals surface area contributed by atoms with Gasteiger partial charge in [-0.3, -0.25) is 0 Å². The number of benzene rings is 1. The molecular formula is C17H19N5O4. The number of hydrogen-bond donors (Lipinski definition) is 1. The first-order valence-electron chi connectivity index (χ1n) is 7.86. The molecule has 1 aromatic heterocycles. The van der Waals surface area contributed by atoms with Crippen LogP contribution in [0.15, 0.2) is 42.1 Å². The Morgan fingerprint density at radius 1 is 1.35 bits per heavy atom. The van der Waals surface area contributed by atoms with Gasteiger partial charge in [0.2, 0.25) is 5.95 Å². The van der Waals surface area contributed by atoms with Crippen LogP contribution in [0.25, 0.3) is 0 Å². The number of allylic oxidation sites excluding steroid dienone is 1. The van der Waals surface area contributed by atoms with E-state index in [-0.39, 0.29) is 6.61 Å². The maximum absolute atomic E-state index is 12.7. The van der Waals surface area contributed by atoms with E-state index in [0.29, 0.717) is 28.7 Å². The van der Waals surface area contributed by atoms with Crippen LogP contribution in [0.1, 0.15) is 18.5 Å². The summed E-state index contributed by atoms with van der Waals surface area (Å²) in [5, 5.41) is 14.7. The number of methoxy groups -OCH3 is 2. The summed E-state index contributed by atoms with van der Waals surface area (Å²) in [6, 6.07) is 4.81. The summed E-state index contributed by atoms with van der Waals surface area (Å²) in [6.45, 7) is 5.45. The Kier molecular flexibility index (Phi) is 4.87. The van der Waals surface area contributed by atoms with Crippen molar-refractivity contribution in [3.05, 3.63) is 47.7 Å². The van der Waals surface area contributed by atoms with E-state index in [2.05, 4.69) is 27.4 Å². The Morgan fingerprint density at radius 2 is 2.12 bits per heavy atom. The van der Waals surface area contributed by atoms with E-state index in [1.165, 1.54) is 10.8 Å². The van der Waals surface area contributed by atoms with Gasteiger partial charge >= 0.3 is 5.97 Å². The highest BCUT2D eigenvalue weighted by molar-refractivity contribution is 5.92. The van der Waals surface area contributed by atoms with Crippen LogP contribution in [-0.4, -0.2) is 47.0 Å². The summed E-state index contributed by atoms with van der Waals surface area (Å²) in [7, 11) is 3.11. The topological polar surface area (TPSA) is 100 Å². The number of esters is 1. The molecule has 0 saturated carbocycles. The number of nitrogens with zero attached hydrogens (tertiary/aromatic N) is 4. The largest absolute Gasteiger partial charge is 0.493 e. The number of aromatic nitrogens is 4. The number of ether oxygens (including phenoxy) is 3. The number of fused-ring (bicyclic) bond motifs is 1. The minimum absolute atomic E-state index is 0.108. The smallest absolute Gasteiger partial charge is 0.338 e. The molecule has 1 aromatic carbocycles. The number of rotatable bonds is 6. The molecule has 1 N–H and O–H groups in total. The highest BCUT2D eigenvalue weighted by atomic mass is 16.5. The van der Waals surface area contributed by atoms with Crippen molar-refractivity contribution < 1.29 is 19.0 Å². The van der Waals surface area contributed by atoms with Crippen LogP contribution in [0.3, 0.4) is 0 Å². The van der Waals surface area contributed by atoms with Gasteiger partial charge < -0.3 is 19.5 Å². The fraction of sp³-hybridized carbons (Fsp3) is 0.294. The van der Waals surface area contributed by atoms with E-state index in [0.717, 1.165) is 5.56 Å². The molecule has 0 fully saturated rings. The Morgan fingerprint density at radius 3 is 2.81 bits per heavy atom. The van der Waals surface area contributed by atoms with E-state index in [1.807, 2.05) is 6.07 Å².